The van der Waals surface area contributed by atoms with Gasteiger partial charge >= 0.3 is 6.18 Å². The number of aromatic nitrogens is 3. The summed E-state index contributed by atoms with van der Waals surface area (Å²) in [5.41, 5.74) is -0.314. The number of fused-ring (bicyclic) bond motifs is 1. The first-order valence-electron chi connectivity index (χ1n) is 6.32. The molecule has 0 bridgehead atoms. The fraction of sp³-hybridized carbons (Fsp3) is 0.538. The maximum absolute atomic E-state index is 13.4. The summed E-state index contributed by atoms with van der Waals surface area (Å²) in [5.74, 6) is 0.231. The summed E-state index contributed by atoms with van der Waals surface area (Å²) in [4.78, 5) is 8.41. The van der Waals surface area contributed by atoms with Crippen molar-refractivity contribution in [3.05, 3.63) is 23.7 Å². The SMILES string of the molecule is Cc1cnc2c(c1)nc(C(C)Cl)n2C1(C(F)(F)F)CC1. The number of pyridine rings is 1. The summed E-state index contributed by atoms with van der Waals surface area (Å²) < 4.78 is 41.4. The van der Waals surface area contributed by atoms with E-state index in [9.17, 15) is 13.2 Å². The van der Waals surface area contributed by atoms with Gasteiger partial charge in [0.05, 0.1) is 5.38 Å². The summed E-state index contributed by atoms with van der Waals surface area (Å²) in [6.45, 7) is 3.45. The van der Waals surface area contributed by atoms with E-state index in [1.165, 1.54) is 4.57 Å². The van der Waals surface area contributed by atoms with Crippen molar-refractivity contribution in [1.29, 1.82) is 0 Å². The van der Waals surface area contributed by atoms with Crippen LogP contribution in [0.15, 0.2) is 12.3 Å². The van der Waals surface area contributed by atoms with Gasteiger partial charge in [-0.15, -0.1) is 11.6 Å². The molecule has 20 heavy (non-hydrogen) atoms. The number of nitrogens with zero attached hydrogens (tertiary/aromatic N) is 3. The van der Waals surface area contributed by atoms with Crippen LogP contribution in [0.5, 0.6) is 0 Å². The van der Waals surface area contributed by atoms with Crippen molar-refractivity contribution in [1.82, 2.24) is 14.5 Å². The van der Waals surface area contributed by atoms with Crippen molar-refractivity contribution in [3.8, 4) is 0 Å². The van der Waals surface area contributed by atoms with Crippen LogP contribution in [0.25, 0.3) is 11.2 Å². The Hall–Kier alpha value is -1.30. The second-order valence-corrected chi connectivity index (χ2v) is 5.96. The van der Waals surface area contributed by atoms with Crippen molar-refractivity contribution in [2.24, 2.45) is 0 Å². The van der Waals surface area contributed by atoms with Gasteiger partial charge in [0.15, 0.2) is 5.65 Å². The van der Waals surface area contributed by atoms with E-state index in [0.29, 0.717) is 5.52 Å². The molecule has 0 aliphatic heterocycles. The van der Waals surface area contributed by atoms with Crippen LogP contribution in [0.2, 0.25) is 0 Å². The second-order valence-electron chi connectivity index (χ2n) is 5.31. The lowest BCUT2D eigenvalue weighted by Crippen LogP contribution is -2.36. The van der Waals surface area contributed by atoms with Gasteiger partial charge in [-0.05, 0) is 38.3 Å². The van der Waals surface area contributed by atoms with Gasteiger partial charge < -0.3 is 0 Å². The number of rotatable bonds is 2. The molecule has 0 radical (unpaired) electrons. The molecule has 0 saturated heterocycles. The minimum atomic E-state index is -4.33. The summed E-state index contributed by atoms with van der Waals surface area (Å²) in [6, 6.07) is 1.73. The Bertz CT molecular complexity index is 671. The maximum Gasteiger partial charge on any atom is 0.412 e. The van der Waals surface area contributed by atoms with E-state index < -0.39 is 17.1 Å². The Morgan fingerprint density at radius 1 is 1.40 bits per heavy atom. The first-order valence-corrected chi connectivity index (χ1v) is 6.76. The molecule has 3 rings (SSSR count). The van der Waals surface area contributed by atoms with Crippen LogP contribution < -0.4 is 0 Å². The topological polar surface area (TPSA) is 30.7 Å². The quantitative estimate of drug-likeness (QED) is 0.782. The van der Waals surface area contributed by atoms with Crippen LogP contribution in [0.3, 0.4) is 0 Å². The minimum Gasteiger partial charge on any atom is -0.296 e. The van der Waals surface area contributed by atoms with E-state index in [2.05, 4.69) is 9.97 Å². The Balaban J connectivity index is 2.31. The second kappa shape index (κ2) is 4.10. The molecule has 0 N–H and O–H groups in total. The third kappa shape index (κ3) is 1.81. The molecule has 1 aliphatic carbocycles. The van der Waals surface area contributed by atoms with Gasteiger partial charge in [0, 0.05) is 6.20 Å². The molecular formula is C13H13ClF3N3. The molecule has 1 fully saturated rings. The van der Waals surface area contributed by atoms with Gasteiger partial charge in [-0.25, -0.2) is 9.97 Å². The third-order valence-corrected chi connectivity index (χ3v) is 3.89. The van der Waals surface area contributed by atoms with Crippen molar-refractivity contribution in [2.75, 3.05) is 0 Å². The van der Waals surface area contributed by atoms with Crippen LogP contribution in [0, 0.1) is 6.92 Å². The van der Waals surface area contributed by atoms with E-state index in [4.69, 9.17) is 11.6 Å². The molecule has 7 heteroatoms. The molecule has 0 aromatic carbocycles. The Morgan fingerprint density at radius 2 is 2.05 bits per heavy atom. The van der Waals surface area contributed by atoms with Crippen molar-refractivity contribution in [3.63, 3.8) is 0 Å². The lowest BCUT2D eigenvalue weighted by atomic mass is 10.2. The van der Waals surface area contributed by atoms with E-state index in [0.717, 1.165) is 5.56 Å². The van der Waals surface area contributed by atoms with Crippen LogP contribution in [0.4, 0.5) is 13.2 Å². The molecule has 2 heterocycles. The van der Waals surface area contributed by atoms with Crippen molar-refractivity contribution < 1.29 is 13.2 Å². The Morgan fingerprint density at radius 3 is 2.55 bits per heavy atom. The highest BCUT2D eigenvalue weighted by Crippen LogP contribution is 2.57. The molecule has 1 saturated carbocycles. The van der Waals surface area contributed by atoms with Crippen molar-refractivity contribution in [2.45, 2.75) is 43.8 Å². The number of aryl methyl sites for hydroxylation is 1. The minimum absolute atomic E-state index is 0.0497. The van der Waals surface area contributed by atoms with Crippen LogP contribution in [-0.4, -0.2) is 20.7 Å². The monoisotopic (exact) mass is 303 g/mol. The van der Waals surface area contributed by atoms with Gasteiger partial charge in [0.2, 0.25) is 0 Å². The van der Waals surface area contributed by atoms with E-state index >= 15 is 0 Å². The smallest absolute Gasteiger partial charge is 0.296 e. The lowest BCUT2D eigenvalue weighted by molar-refractivity contribution is -0.179. The van der Waals surface area contributed by atoms with Gasteiger partial charge in [-0.3, -0.25) is 4.57 Å². The highest BCUT2D eigenvalue weighted by molar-refractivity contribution is 6.20. The van der Waals surface area contributed by atoms with Crippen molar-refractivity contribution >= 4 is 22.8 Å². The van der Waals surface area contributed by atoms with Gasteiger partial charge in [-0.2, -0.15) is 13.2 Å². The average molecular weight is 304 g/mol. The van der Waals surface area contributed by atoms with Gasteiger partial charge in [0.1, 0.15) is 16.9 Å². The fourth-order valence-electron chi connectivity index (χ4n) is 2.52. The van der Waals surface area contributed by atoms with Gasteiger partial charge in [0.25, 0.3) is 0 Å². The van der Waals surface area contributed by atoms with E-state index in [-0.39, 0.29) is 24.3 Å². The predicted molar refractivity (Wildman–Crippen MR) is 69.8 cm³/mol. The molecule has 108 valence electrons. The Labute approximate surface area is 118 Å². The number of hydrogen-bond acceptors (Lipinski definition) is 2. The summed E-state index contributed by atoms with van der Waals surface area (Å²) in [6.07, 6.45) is -2.67. The molecule has 1 atom stereocenters. The zero-order valence-electron chi connectivity index (χ0n) is 11.0. The molecular weight excluding hydrogens is 291 g/mol. The number of halogens is 4. The normalized spacial score (nSPS) is 19.3. The van der Waals surface area contributed by atoms with Crippen LogP contribution in [-0.2, 0) is 5.54 Å². The largest absolute Gasteiger partial charge is 0.412 e. The van der Waals surface area contributed by atoms with E-state index in [1.54, 1.807) is 19.2 Å². The van der Waals surface area contributed by atoms with Crippen LogP contribution in [0.1, 0.15) is 36.5 Å². The summed E-state index contributed by atoms with van der Waals surface area (Å²) in [7, 11) is 0. The summed E-state index contributed by atoms with van der Waals surface area (Å²) >= 11 is 6.03. The third-order valence-electron chi connectivity index (χ3n) is 3.69. The number of alkyl halides is 4. The maximum atomic E-state index is 13.4. The predicted octanol–water partition coefficient (Wildman–Crippen LogP) is 4.09. The first kappa shape index (κ1) is 13.7. The molecule has 2 aromatic heterocycles. The van der Waals surface area contributed by atoms with Gasteiger partial charge in [-0.1, -0.05) is 0 Å². The number of imidazole rings is 1. The molecule has 3 nitrogen and oxygen atoms in total. The molecule has 1 unspecified atom stereocenters. The Kier molecular flexibility index (Phi) is 2.80. The molecule has 0 spiro atoms. The first-order chi connectivity index (χ1) is 9.26. The standard InChI is InChI=1S/C13H13ClF3N3/c1-7-5-9-11(18-6-7)20(10(19-9)8(2)14)12(3-4-12)13(15,16)17/h5-6,8H,3-4H2,1-2H3. The molecule has 0 amide bonds. The highest BCUT2D eigenvalue weighted by atomic mass is 35.5. The summed E-state index contributed by atoms with van der Waals surface area (Å²) in [5, 5.41) is -0.607. The number of hydrogen-bond donors (Lipinski definition) is 0. The zero-order valence-corrected chi connectivity index (χ0v) is 11.8. The average Bonchev–Trinajstić information content (AvgIpc) is 3.05. The van der Waals surface area contributed by atoms with E-state index in [1.807, 2.05) is 6.92 Å². The zero-order chi connectivity index (χ0) is 14.7. The van der Waals surface area contributed by atoms with Crippen LogP contribution >= 0.6 is 11.6 Å². The lowest BCUT2D eigenvalue weighted by Gasteiger charge is -2.24. The fourth-order valence-corrected chi connectivity index (χ4v) is 2.67. The molecule has 1 aliphatic rings. The highest BCUT2D eigenvalue weighted by Gasteiger charge is 2.66. The molecule has 2 aromatic rings.